The van der Waals surface area contributed by atoms with E-state index in [1.807, 2.05) is 5.32 Å². The molecule has 3 nitrogen and oxygen atoms in total. The topological polar surface area (TPSA) is 55.1 Å². The van der Waals surface area contributed by atoms with Gasteiger partial charge in [0.1, 0.15) is 12.2 Å². The zero-order valence-corrected chi connectivity index (χ0v) is 7.94. The lowest BCUT2D eigenvalue weighted by Crippen LogP contribution is -2.21. The summed E-state index contributed by atoms with van der Waals surface area (Å²) in [5, 5.41) is 1.90. The maximum Gasteiger partial charge on any atom is 0.397 e. The van der Waals surface area contributed by atoms with Crippen molar-refractivity contribution in [3.63, 3.8) is 0 Å². The van der Waals surface area contributed by atoms with Gasteiger partial charge in [-0.25, -0.2) is 4.39 Å². The molecular weight excluding hydrogens is 228 g/mol. The fourth-order valence-corrected chi connectivity index (χ4v) is 1.07. The lowest BCUT2D eigenvalue weighted by Gasteiger charge is -2.08. The van der Waals surface area contributed by atoms with E-state index >= 15 is 0 Å². The second kappa shape index (κ2) is 4.38. The van der Waals surface area contributed by atoms with Gasteiger partial charge in [0.2, 0.25) is 5.91 Å². The Morgan fingerprint density at radius 1 is 1.31 bits per heavy atom. The molecule has 0 saturated carbocycles. The average molecular weight is 236 g/mol. The highest BCUT2D eigenvalue weighted by atomic mass is 19.4. The normalized spacial score (nSPS) is 11.2. The van der Waals surface area contributed by atoms with Crippen molar-refractivity contribution in [3.05, 3.63) is 24.0 Å². The van der Waals surface area contributed by atoms with E-state index in [0.29, 0.717) is 0 Å². The molecule has 16 heavy (non-hydrogen) atoms. The monoisotopic (exact) mass is 236 g/mol. The number of nitrogens with two attached hydrogens (primary N) is 1. The zero-order chi connectivity index (χ0) is 12.3. The van der Waals surface area contributed by atoms with Gasteiger partial charge in [0.25, 0.3) is 0 Å². The second-order valence-corrected chi connectivity index (χ2v) is 3.11. The lowest BCUT2D eigenvalue weighted by molar-refractivity contribution is -0.150. The predicted molar refractivity (Wildman–Crippen MR) is 50.1 cm³/mol. The van der Waals surface area contributed by atoms with E-state index in [1.165, 1.54) is 0 Å². The highest BCUT2D eigenvalue weighted by Gasteiger charge is 2.31. The molecule has 0 aliphatic carbocycles. The quantitative estimate of drug-likeness (QED) is 0.611. The largest absolute Gasteiger partial charge is 0.399 e. The molecule has 1 rings (SSSR count). The van der Waals surface area contributed by atoms with E-state index in [1.54, 1.807) is 0 Å². The predicted octanol–water partition coefficient (Wildman–Crippen LogP) is 2.30. The number of hydrogen-bond acceptors (Lipinski definition) is 2. The molecule has 0 radical (unpaired) electrons. The molecule has 0 heterocycles. The number of alkyl halides is 3. The smallest absolute Gasteiger partial charge is 0.397 e. The van der Waals surface area contributed by atoms with E-state index in [9.17, 15) is 22.4 Å². The number of carbonyl (C=O) groups is 1. The minimum Gasteiger partial charge on any atom is -0.399 e. The summed E-state index contributed by atoms with van der Waals surface area (Å²) in [6.07, 6.45) is -6.22. The van der Waals surface area contributed by atoms with Crippen LogP contribution in [-0.2, 0) is 4.79 Å². The molecule has 0 aliphatic heterocycles. The van der Waals surface area contributed by atoms with Gasteiger partial charge in [0.05, 0.1) is 0 Å². The minimum atomic E-state index is -4.59. The fraction of sp³-hybridized carbons (Fsp3) is 0.222. The van der Waals surface area contributed by atoms with Gasteiger partial charge in [-0.15, -0.1) is 0 Å². The van der Waals surface area contributed by atoms with Gasteiger partial charge in [-0.05, 0) is 18.2 Å². The molecule has 1 aromatic carbocycles. The molecule has 0 aliphatic rings. The van der Waals surface area contributed by atoms with Crippen LogP contribution < -0.4 is 11.1 Å². The lowest BCUT2D eigenvalue weighted by atomic mass is 10.2. The number of nitrogen functional groups attached to an aromatic ring is 1. The third kappa shape index (κ3) is 4.16. The van der Waals surface area contributed by atoms with Gasteiger partial charge in [0.15, 0.2) is 0 Å². The summed E-state index contributed by atoms with van der Waals surface area (Å²) < 4.78 is 48.2. The van der Waals surface area contributed by atoms with Gasteiger partial charge in [-0.1, -0.05) is 0 Å². The number of hydrogen-bond donors (Lipinski definition) is 2. The number of amides is 1. The van der Waals surface area contributed by atoms with Crippen LogP contribution in [0.4, 0.5) is 28.9 Å². The third-order valence-electron chi connectivity index (χ3n) is 1.56. The van der Waals surface area contributed by atoms with E-state index in [4.69, 9.17) is 5.73 Å². The summed E-state index contributed by atoms with van der Waals surface area (Å²) in [4.78, 5) is 10.9. The zero-order valence-electron chi connectivity index (χ0n) is 7.94. The standard InChI is InChI=1S/C9H8F4N2O/c10-5-1-6(14)3-7(2-5)15-8(16)4-9(11,12)13/h1-3H,4,14H2,(H,15,16). The van der Waals surface area contributed by atoms with E-state index < -0.39 is 24.3 Å². The highest BCUT2D eigenvalue weighted by molar-refractivity contribution is 5.91. The van der Waals surface area contributed by atoms with Crippen molar-refractivity contribution in [1.82, 2.24) is 0 Å². The molecule has 7 heteroatoms. The summed E-state index contributed by atoms with van der Waals surface area (Å²) in [6, 6.07) is 3.03. The Hall–Kier alpha value is -1.79. The summed E-state index contributed by atoms with van der Waals surface area (Å²) in [7, 11) is 0. The summed E-state index contributed by atoms with van der Waals surface area (Å²) >= 11 is 0. The van der Waals surface area contributed by atoms with Crippen molar-refractivity contribution in [1.29, 1.82) is 0 Å². The minimum absolute atomic E-state index is 0.0160. The van der Waals surface area contributed by atoms with Crippen LogP contribution >= 0.6 is 0 Å². The summed E-state index contributed by atoms with van der Waals surface area (Å²) in [5.41, 5.74) is 5.16. The molecule has 0 aromatic heterocycles. The van der Waals surface area contributed by atoms with Crippen LogP contribution in [0.5, 0.6) is 0 Å². The number of halogens is 4. The number of carbonyl (C=O) groups excluding carboxylic acids is 1. The van der Waals surface area contributed by atoms with Crippen molar-refractivity contribution in [2.24, 2.45) is 0 Å². The molecule has 88 valence electrons. The number of benzene rings is 1. The number of anilines is 2. The fourth-order valence-electron chi connectivity index (χ4n) is 1.07. The Labute approximate surface area is 88.2 Å². The molecule has 0 spiro atoms. The molecule has 3 N–H and O–H groups in total. The first kappa shape index (κ1) is 12.3. The SMILES string of the molecule is Nc1cc(F)cc(NC(=O)CC(F)(F)F)c1. The molecule has 0 atom stereocenters. The van der Waals surface area contributed by atoms with Crippen LogP contribution in [0.25, 0.3) is 0 Å². The first-order valence-electron chi connectivity index (χ1n) is 4.19. The number of rotatable bonds is 2. The van der Waals surface area contributed by atoms with Crippen LogP contribution in [0.15, 0.2) is 18.2 Å². The first-order chi connectivity index (χ1) is 7.26. The van der Waals surface area contributed by atoms with Gasteiger partial charge >= 0.3 is 6.18 Å². The third-order valence-corrected chi connectivity index (χ3v) is 1.56. The molecule has 0 fully saturated rings. The Bertz CT molecular complexity index is 383. The first-order valence-corrected chi connectivity index (χ1v) is 4.19. The summed E-state index contributed by atoms with van der Waals surface area (Å²) in [6.45, 7) is 0. The molecule has 1 aromatic rings. The van der Waals surface area contributed by atoms with Crippen molar-refractivity contribution >= 4 is 17.3 Å². The van der Waals surface area contributed by atoms with Crippen molar-refractivity contribution in [2.75, 3.05) is 11.1 Å². The number of nitrogens with one attached hydrogen (secondary N) is 1. The Balaban J connectivity index is 2.70. The average Bonchev–Trinajstić information content (AvgIpc) is 1.96. The molecule has 0 bridgehead atoms. The molecule has 1 amide bonds. The maximum absolute atomic E-state index is 12.8. The van der Waals surface area contributed by atoms with Crippen molar-refractivity contribution < 1.29 is 22.4 Å². The van der Waals surface area contributed by atoms with Crippen LogP contribution in [0, 0.1) is 5.82 Å². The van der Waals surface area contributed by atoms with Crippen LogP contribution in [0.1, 0.15) is 6.42 Å². The van der Waals surface area contributed by atoms with Crippen molar-refractivity contribution in [3.8, 4) is 0 Å². The van der Waals surface area contributed by atoms with Gasteiger partial charge in [-0.2, -0.15) is 13.2 Å². The van der Waals surface area contributed by atoms with Gasteiger partial charge in [-0.3, -0.25) is 4.79 Å². The molecule has 0 saturated heterocycles. The molecule has 0 unspecified atom stereocenters. The van der Waals surface area contributed by atoms with E-state index in [-0.39, 0.29) is 11.4 Å². The molecular formula is C9H8F4N2O. The Morgan fingerprint density at radius 2 is 1.94 bits per heavy atom. The second-order valence-electron chi connectivity index (χ2n) is 3.11. The van der Waals surface area contributed by atoms with Gasteiger partial charge < -0.3 is 11.1 Å². The Morgan fingerprint density at radius 3 is 2.44 bits per heavy atom. The van der Waals surface area contributed by atoms with E-state index in [2.05, 4.69) is 0 Å². The maximum atomic E-state index is 12.8. The van der Waals surface area contributed by atoms with E-state index in [0.717, 1.165) is 18.2 Å². The van der Waals surface area contributed by atoms with Crippen LogP contribution in [-0.4, -0.2) is 12.1 Å². The van der Waals surface area contributed by atoms with Crippen LogP contribution in [0.3, 0.4) is 0 Å². The Kier molecular flexibility index (Phi) is 3.36. The summed E-state index contributed by atoms with van der Waals surface area (Å²) in [5.74, 6) is -2.00. The van der Waals surface area contributed by atoms with Gasteiger partial charge in [0, 0.05) is 11.4 Å². The van der Waals surface area contributed by atoms with Crippen molar-refractivity contribution in [2.45, 2.75) is 12.6 Å². The van der Waals surface area contributed by atoms with Crippen LogP contribution in [0.2, 0.25) is 0 Å². The highest BCUT2D eigenvalue weighted by Crippen LogP contribution is 2.21.